The third-order valence-electron chi connectivity index (χ3n) is 6.66. The van der Waals surface area contributed by atoms with Gasteiger partial charge >= 0.3 is 0 Å². The largest absolute Gasteiger partial charge is 0.342 e. The molecule has 2 aromatic rings. The first kappa shape index (κ1) is 21.0. The van der Waals surface area contributed by atoms with E-state index in [4.69, 9.17) is 4.52 Å². The number of hydrogen-bond acceptors (Lipinski definition) is 6. The van der Waals surface area contributed by atoms with Crippen LogP contribution in [0.5, 0.6) is 0 Å². The zero-order valence-electron chi connectivity index (χ0n) is 18.2. The Morgan fingerprint density at radius 3 is 2.53 bits per heavy atom. The van der Waals surface area contributed by atoms with Crippen molar-refractivity contribution in [3.05, 3.63) is 36.2 Å². The lowest BCUT2D eigenvalue weighted by Crippen LogP contribution is -2.51. The maximum Gasteiger partial charge on any atom is 0.244 e. The third kappa shape index (κ3) is 4.90. The van der Waals surface area contributed by atoms with Crippen molar-refractivity contribution in [2.24, 2.45) is 0 Å². The Morgan fingerprint density at radius 2 is 1.83 bits per heavy atom. The number of nitrogens with zero attached hydrogens (tertiary/aromatic N) is 5. The minimum Gasteiger partial charge on any atom is -0.342 e. The van der Waals surface area contributed by atoms with Gasteiger partial charge in [0.05, 0.1) is 12.6 Å². The predicted molar refractivity (Wildman–Crippen MR) is 116 cm³/mol. The molecule has 2 heterocycles. The molecule has 2 aliphatic rings. The van der Waals surface area contributed by atoms with Crippen LogP contribution >= 0.6 is 0 Å². The first-order valence-electron chi connectivity index (χ1n) is 11.2. The van der Waals surface area contributed by atoms with E-state index in [0.717, 1.165) is 44.6 Å². The van der Waals surface area contributed by atoms with Crippen molar-refractivity contribution in [3.63, 3.8) is 0 Å². The fraction of sp³-hybridized carbons (Fsp3) is 0.609. The van der Waals surface area contributed by atoms with E-state index in [1.807, 2.05) is 42.3 Å². The van der Waals surface area contributed by atoms with Gasteiger partial charge in [0.25, 0.3) is 0 Å². The molecule has 1 aromatic carbocycles. The first-order valence-corrected chi connectivity index (χ1v) is 11.2. The summed E-state index contributed by atoms with van der Waals surface area (Å²) in [6.45, 7) is 6.19. The molecule has 1 saturated heterocycles. The molecular weight excluding hydrogens is 378 g/mol. The number of carbonyl (C=O) groups is 1. The minimum atomic E-state index is 0.0673. The van der Waals surface area contributed by atoms with Crippen molar-refractivity contribution >= 4 is 5.91 Å². The number of benzene rings is 1. The Morgan fingerprint density at radius 1 is 1.13 bits per heavy atom. The number of hydrogen-bond donors (Lipinski definition) is 0. The van der Waals surface area contributed by atoms with Crippen molar-refractivity contribution in [2.75, 3.05) is 39.8 Å². The van der Waals surface area contributed by atoms with Crippen molar-refractivity contribution in [1.29, 1.82) is 0 Å². The summed E-state index contributed by atoms with van der Waals surface area (Å²) in [7, 11) is 1.98. The zero-order valence-corrected chi connectivity index (χ0v) is 18.2. The van der Waals surface area contributed by atoms with Crippen molar-refractivity contribution in [3.8, 4) is 11.4 Å². The van der Waals surface area contributed by atoms with Gasteiger partial charge < -0.3 is 9.42 Å². The van der Waals surface area contributed by atoms with E-state index in [-0.39, 0.29) is 11.9 Å². The average Bonchev–Trinajstić information content (AvgIpc) is 3.30. The second kappa shape index (κ2) is 9.71. The number of piperazine rings is 1. The Labute approximate surface area is 179 Å². The highest BCUT2D eigenvalue weighted by atomic mass is 16.5. The predicted octanol–water partition coefficient (Wildman–Crippen LogP) is 3.21. The van der Waals surface area contributed by atoms with Crippen molar-refractivity contribution in [2.45, 2.75) is 51.1 Å². The summed E-state index contributed by atoms with van der Waals surface area (Å²) in [5.74, 6) is 1.54. The van der Waals surface area contributed by atoms with E-state index < -0.39 is 0 Å². The molecule has 4 rings (SSSR count). The molecule has 0 spiro atoms. The van der Waals surface area contributed by atoms with Crippen LogP contribution in [0.15, 0.2) is 34.9 Å². The molecule has 1 amide bonds. The number of rotatable bonds is 6. The van der Waals surface area contributed by atoms with Crippen molar-refractivity contribution < 1.29 is 9.32 Å². The second-order valence-corrected chi connectivity index (χ2v) is 8.61. The Hall–Kier alpha value is -2.25. The molecular formula is C23H33N5O2. The fourth-order valence-electron chi connectivity index (χ4n) is 4.55. The lowest BCUT2D eigenvalue weighted by Gasteiger charge is -2.38. The van der Waals surface area contributed by atoms with Gasteiger partial charge in [-0.15, -0.1) is 0 Å². The molecule has 30 heavy (non-hydrogen) atoms. The Balaban J connectivity index is 1.27. The standard InChI is InChI=1S/C23H33N5O2/c1-18(23-24-22(25-30-23)19-9-5-3-6-10-19)28-15-13-27(14-16-28)17-21(29)26(2)20-11-7-4-8-12-20/h3,5-6,9-10,18,20H,4,7-8,11-17H2,1-2H3. The summed E-state index contributed by atoms with van der Waals surface area (Å²) < 4.78 is 5.55. The molecule has 7 nitrogen and oxygen atoms in total. The molecule has 2 fully saturated rings. The molecule has 1 saturated carbocycles. The minimum absolute atomic E-state index is 0.0673. The summed E-state index contributed by atoms with van der Waals surface area (Å²) in [6, 6.07) is 10.4. The van der Waals surface area contributed by atoms with Crippen LogP contribution in [0.4, 0.5) is 0 Å². The molecule has 1 aliphatic carbocycles. The number of carbonyl (C=O) groups excluding carboxylic acids is 1. The number of likely N-dealkylation sites (N-methyl/N-ethyl adjacent to an activating group) is 1. The molecule has 0 N–H and O–H groups in total. The van der Waals surface area contributed by atoms with E-state index in [9.17, 15) is 4.79 Å². The Kier molecular flexibility index (Phi) is 6.79. The van der Waals surface area contributed by atoms with E-state index in [2.05, 4.69) is 26.9 Å². The van der Waals surface area contributed by atoms with Gasteiger partial charge in [0.1, 0.15) is 0 Å². The molecule has 1 unspecified atom stereocenters. The van der Waals surface area contributed by atoms with Crippen LogP contribution in [0, 0.1) is 0 Å². The normalized spacial score (nSPS) is 20.2. The van der Waals surface area contributed by atoms with Crippen LogP contribution in [0.2, 0.25) is 0 Å². The smallest absolute Gasteiger partial charge is 0.244 e. The molecule has 1 aromatic heterocycles. The van der Waals surface area contributed by atoms with Gasteiger partial charge in [-0.05, 0) is 19.8 Å². The number of aromatic nitrogens is 2. The summed E-state index contributed by atoms with van der Waals surface area (Å²) in [6.07, 6.45) is 6.12. The van der Waals surface area contributed by atoms with Crippen molar-refractivity contribution in [1.82, 2.24) is 24.8 Å². The van der Waals surface area contributed by atoms with Gasteiger partial charge in [-0.1, -0.05) is 54.8 Å². The Bertz CT molecular complexity index is 810. The van der Waals surface area contributed by atoms with Gasteiger partial charge in [-0.3, -0.25) is 14.6 Å². The van der Waals surface area contributed by atoms with Crippen LogP contribution in [0.25, 0.3) is 11.4 Å². The lowest BCUT2D eigenvalue weighted by molar-refractivity contribution is -0.134. The van der Waals surface area contributed by atoms with Crippen LogP contribution in [-0.2, 0) is 4.79 Å². The topological polar surface area (TPSA) is 65.7 Å². The maximum absolute atomic E-state index is 12.7. The third-order valence-corrected chi connectivity index (χ3v) is 6.66. The summed E-state index contributed by atoms with van der Waals surface area (Å²) >= 11 is 0. The van der Waals surface area contributed by atoms with Gasteiger partial charge in [0.2, 0.25) is 17.6 Å². The zero-order chi connectivity index (χ0) is 20.9. The average molecular weight is 412 g/mol. The highest BCUT2D eigenvalue weighted by Gasteiger charge is 2.28. The summed E-state index contributed by atoms with van der Waals surface area (Å²) in [4.78, 5) is 24.0. The molecule has 1 aliphatic heterocycles. The molecule has 1 atom stereocenters. The molecule has 7 heteroatoms. The van der Waals surface area contributed by atoms with E-state index in [0.29, 0.717) is 24.3 Å². The molecule has 0 bridgehead atoms. The maximum atomic E-state index is 12.7. The lowest BCUT2D eigenvalue weighted by atomic mass is 9.94. The highest BCUT2D eigenvalue weighted by Crippen LogP contribution is 2.24. The number of amides is 1. The van der Waals surface area contributed by atoms with E-state index in [1.165, 1.54) is 19.3 Å². The van der Waals surface area contributed by atoms with Crippen LogP contribution < -0.4 is 0 Å². The van der Waals surface area contributed by atoms with Crippen LogP contribution in [0.3, 0.4) is 0 Å². The quantitative estimate of drug-likeness (QED) is 0.727. The molecule has 162 valence electrons. The first-order chi connectivity index (χ1) is 14.6. The van der Waals surface area contributed by atoms with Crippen LogP contribution in [0.1, 0.15) is 51.0 Å². The van der Waals surface area contributed by atoms with Gasteiger partial charge in [-0.25, -0.2) is 0 Å². The molecule has 0 radical (unpaired) electrons. The van der Waals surface area contributed by atoms with E-state index in [1.54, 1.807) is 0 Å². The van der Waals surface area contributed by atoms with Gasteiger partial charge in [0, 0.05) is 44.8 Å². The SMILES string of the molecule is CC(c1nc(-c2ccccc2)no1)N1CCN(CC(=O)N(C)C2CCCCC2)CC1. The highest BCUT2D eigenvalue weighted by molar-refractivity contribution is 5.78. The van der Waals surface area contributed by atoms with Gasteiger partial charge in [0.15, 0.2) is 0 Å². The second-order valence-electron chi connectivity index (χ2n) is 8.61. The van der Waals surface area contributed by atoms with E-state index >= 15 is 0 Å². The van der Waals surface area contributed by atoms with Gasteiger partial charge in [-0.2, -0.15) is 4.98 Å². The fourth-order valence-corrected chi connectivity index (χ4v) is 4.55. The summed E-state index contributed by atoms with van der Waals surface area (Å²) in [5, 5.41) is 4.15. The summed E-state index contributed by atoms with van der Waals surface area (Å²) in [5.41, 5.74) is 0.963. The van der Waals surface area contributed by atoms with Crippen LogP contribution in [-0.4, -0.2) is 76.6 Å². The monoisotopic (exact) mass is 411 g/mol.